The summed E-state index contributed by atoms with van der Waals surface area (Å²) in [5, 5.41) is 10.7. The lowest BCUT2D eigenvalue weighted by Gasteiger charge is -2.26. The largest absolute Gasteiger partial charge is 0.404 e. The van der Waals surface area contributed by atoms with Crippen molar-refractivity contribution < 1.29 is 21.6 Å². The minimum atomic E-state index is -4.70. The third-order valence-electron chi connectivity index (χ3n) is 6.18. The summed E-state index contributed by atoms with van der Waals surface area (Å²) < 4.78 is 66.8. The average Bonchev–Trinajstić information content (AvgIpc) is 3.05. The molecule has 3 aromatic rings. The van der Waals surface area contributed by atoms with E-state index in [1.807, 2.05) is 28.8 Å². The van der Waals surface area contributed by atoms with Crippen molar-refractivity contribution in [1.29, 1.82) is 5.26 Å². The van der Waals surface area contributed by atoms with Crippen molar-refractivity contribution in [2.24, 2.45) is 5.92 Å². The lowest BCUT2D eigenvalue weighted by Crippen LogP contribution is -2.42. The van der Waals surface area contributed by atoms with Gasteiger partial charge in [-0.25, -0.2) is 8.42 Å². The number of halogens is 3. The molecule has 174 valence electrons. The predicted molar refractivity (Wildman–Crippen MR) is 118 cm³/mol. The molecule has 0 aliphatic heterocycles. The molecule has 10 heteroatoms. The van der Waals surface area contributed by atoms with Crippen LogP contribution < -0.4 is 4.72 Å². The molecule has 1 fully saturated rings. The van der Waals surface area contributed by atoms with Crippen LogP contribution in [0, 0.1) is 17.2 Å². The molecule has 1 N–H and O–H groups in total. The van der Waals surface area contributed by atoms with Crippen LogP contribution >= 0.6 is 0 Å². The smallest absolute Gasteiger partial charge is 0.338 e. The van der Waals surface area contributed by atoms with Gasteiger partial charge in [-0.1, -0.05) is 37.5 Å². The van der Waals surface area contributed by atoms with E-state index in [1.54, 1.807) is 4.72 Å². The van der Waals surface area contributed by atoms with Gasteiger partial charge in [0.1, 0.15) is 17.0 Å². The third-order valence-corrected chi connectivity index (χ3v) is 7.71. The minimum Gasteiger partial charge on any atom is -0.338 e. The fourth-order valence-corrected chi connectivity index (χ4v) is 5.23. The molecule has 1 aliphatic rings. The van der Waals surface area contributed by atoms with Crippen LogP contribution in [0.2, 0.25) is 0 Å². The number of fused-ring (bicyclic) bond motifs is 1. The molecule has 0 amide bonds. The molecule has 2 aromatic heterocycles. The maximum atomic E-state index is 12.8. The number of rotatable bonds is 7. The lowest BCUT2D eigenvalue weighted by molar-refractivity contribution is -0.147. The zero-order chi connectivity index (χ0) is 23.8. The average molecular weight is 477 g/mol. The van der Waals surface area contributed by atoms with Crippen LogP contribution in [0.3, 0.4) is 0 Å². The Hall–Kier alpha value is -2.90. The van der Waals surface area contributed by atoms with E-state index in [1.165, 1.54) is 31.4 Å². The van der Waals surface area contributed by atoms with Crippen molar-refractivity contribution in [1.82, 2.24) is 14.3 Å². The highest BCUT2D eigenvalue weighted by Crippen LogP contribution is 2.35. The van der Waals surface area contributed by atoms with Crippen molar-refractivity contribution >= 4 is 20.9 Å². The van der Waals surface area contributed by atoms with Crippen molar-refractivity contribution in [2.75, 3.05) is 0 Å². The molecule has 1 atom stereocenters. The first kappa shape index (κ1) is 23.3. The second kappa shape index (κ2) is 8.80. The van der Waals surface area contributed by atoms with Crippen molar-refractivity contribution in [2.45, 2.75) is 56.3 Å². The van der Waals surface area contributed by atoms with Crippen LogP contribution in [0.4, 0.5) is 13.2 Å². The number of nitrogens with zero attached hydrogens (tertiary/aromatic N) is 3. The number of aryl methyl sites for hydroxylation is 1. The number of para-hydroxylation sites is 1. The summed E-state index contributed by atoms with van der Waals surface area (Å²) in [6.45, 7) is 1.42. The summed E-state index contributed by atoms with van der Waals surface area (Å²) in [5.74, 6) is 0.645. The zero-order valence-corrected chi connectivity index (χ0v) is 18.7. The Morgan fingerprint density at radius 3 is 2.55 bits per heavy atom. The number of hydrogen-bond acceptors (Lipinski definition) is 4. The fourth-order valence-electron chi connectivity index (χ4n) is 4.06. The van der Waals surface area contributed by atoms with Gasteiger partial charge in [-0.05, 0) is 37.5 Å². The van der Waals surface area contributed by atoms with E-state index in [0.717, 1.165) is 30.4 Å². The summed E-state index contributed by atoms with van der Waals surface area (Å²) in [7, 11) is -4.41. The Morgan fingerprint density at radius 1 is 1.24 bits per heavy atom. The monoisotopic (exact) mass is 476 g/mol. The van der Waals surface area contributed by atoms with Gasteiger partial charge in [-0.3, -0.25) is 4.98 Å². The summed E-state index contributed by atoms with van der Waals surface area (Å²) in [6.07, 6.45) is 0.884. The molecule has 0 spiro atoms. The number of hydrogen-bond donors (Lipinski definition) is 1. The topological polar surface area (TPSA) is 87.8 Å². The van der Waals surface area contributed by atoms with Crippen LogP contribution in [0.5, 0.6) is 0 Å². The second-order valence-corrected chi connectivity index (χ2v) is 10.1. The molecule has 2 heterocycles. The van der Waals surface area contributed by atoms with Gasteiger partial charge in [0.2, 0.25) is 10.0 Å². The summed E-state index contributed by atoms with van der Waals surface area (Å²) >= 11 is 0. The summed E-state index contributed by atoms with van der Waals surface area (Å²) in [4.78, 5) is 3.86. The molecule has 0 saturated heterocycles. The van der Waals surface area contributed by atoms with Crippen LogP contribution in [-0.4, -0.2) is 30.2 Å². The lowest BCUT2D eigenvalue weighted by atomic mass is 9.83. The highest BCUT2D eigenvalue weighted by atomic mass is 32.2. The Labute approximate surface area is 190 Å². The van der Waals surface area contributed by atoms with Crippen molar-refractivity contribution in [3.8, 4) is 17.5 Å². The predicted octanol–water partition coefficient (Wildman–Crippen LogP) is 4.99. The maximum absolute atomic E-state index is 12.8. The number of aromatic nitrogens is 2. The van der Waals surface area contributed by atoms with Gasteiger partial charge in [-0.15, -0.1) is 0 Å². The van der Waals surface area contributed by atoms with E-state index in [4.69, 9.17) is 0 Å². The number of nitriles is 1. The van der Waals surface area contributed by atoms with Gasteiger partial charge in [0.05, 0.1) is 17.0 Å². The highest BCUT2D eigenvalue weighted by molar-refractivity contribution is 7.89. The molecule has 1 aliphatic carbocycles. The Kier molecular flexibility index (Phi) is 6.20. The molecular weight excluding hydrogens is 453 g/mol. The number of pyridine rings is 1. The van der Waals surface area contributed by atoms with Gasteiger partial charge in [0.25, 0.3) is 0 Å². The second-order valence-electron chi connectivity index (χ2n) is 8.35. The van der Waals surface area contributed by atoms with Gasteiger partial charge in [0, 0.05) is 23.6 Å². The molecule has 1 aromatic carbocycles. The van der Waals surface area contributed by atoms with E-state index in [-0.39, 0.29) is 4.90 Å². The molecule has 33 heavy (non-hydrogen) atoms. The summed E-state index contributed by atoms with van der Waals surface area (Å²) in [5.41, 5.74) is 2.30. The van der Waals surface area contributed by atoms with Gasteiger partial charge in [0.15, 0.2) is 0 Å². The molecule has 0 unspecified atom stereocenters. The first-order valence-electron chi connectivity index (χ1n) is 10.7. The quantitative estimate of drug-likeness (QED) is 0.520. The fraction of sp³-hybridized carbons (Fsp3) is 0.391. The van der Waals surface area contributed by atoms with E-state index >= 15 is 0 Å². The standard InChI is InChI=1S/C23H23F3N4O2S/c1-15(23(24,25)26)29-33(31,32)17-9-10-20(28-14-17)22-19(13-27)18-7-2-3-8-21(18)30(22)12-11-16-5-4-6-16/h2-3,7-10,14-16,29H,4-6,11-12H2,1H3/t15-/m0/s1. The SMILES string of the molecule is C[C@H](NS(=O)(=O)c1ccc(-c2c(C#N)c3ccccc3n2CCC2CCC2)nc1)C(F)(F)F. The van der Waals surface area contributed by atoms with Crippen LogP contribution in [0.1, 0.15) is 38.2 Å². The first-order chi connectivity index (χ1) is 15.6. The normalized spacial score (nSPS) is 15.8. The Balaban J connectivity index is 1.72. The molecular formula is C23H23F3N4O2S. The Morgan fingerprint density at radius 2 is 1.97 bits per heavy atom. The minimum absolute atomic E-state index is 0.377. The number of sulfonamides is 1. The van der Waals surface area contributed by atoms with Gasteiger partial charge in [-0.2, -0.15) is 23.2 Å². The van der Waals surface area contributed by atoms with E-state index < -0.39 is 22.2 Å². The van der Waals surface area contributed by atoms with Crippen LogP contribution in [0.25, 0.3) is 22.3 Å². The zero-order valence-electron chi connectivity index (χ0n) is 17.9. The third kappa shape index (κ3) is 4.61. The van der Waals surface area contributed by atoms with E-state index in [2.05, 4.69) is 11.1 Å². The van der Waals surface area contributed by atoms with Gasteiger partial charge < -0.3 is 4.57 Å². The number of alkyl halides is 3. The van der Waals surface area contributed by atoms with E-state index in [0.29, 0.717) is 29.4 Å². The number of benzene rings is 1. The number of nitrogens with one attached hydrogen (secondary N) is 1. The first-order valence-corrected chi connectivity index (χ1v) is 12.2. The van der Waals surface area contributed by atoms with Crippen LogP contribution in [0.15, 0.2) is 47.5 Å². The van der Waals surface area contributed by atoms with Crippen molar-refractivity contribution in [3.05, 3.63) is 48.2 Å². The highest BCUT2D eigenvalue weighted by Gasteiger charge is 2.39. The summed E-state index contributed by atoms with van der Waals surface area (Å²) in [6, 6.07) is 10.2. The molecule has 4 rings (SSSR count). The van der Waals surface area contributed by atoms with Gasteiger partial charge >= 0.3 is 6.18 Å². The molecule has 6 nitrogen and oxygen atoms in total. The molecule has 0 radical (unpaired) electrons. The molecule has 1 saturated carbocycles. The Bertz CT molecular complexity index is 1300. The molecule has 0 bridgehead atoms. The van der Waals surface area contributed by atoms with E-state index in [9.17, 15) is 26.9 Å². The van der Waals surface area contributed by atoms with Crippen LogP contribution in [-0.2, 0) is 16.6 Å². The van der Waals surface area contributed by atoms with Crippen molar-refractivity contribution in [3.63, 3.8) is 0 Å². The maximum Gasteiger partial charge on any atom is 0.404 e.